The van der Waals surface area contributed by atoms with Crippen LogP contribution in [0.15, 0.2) is 54.9 Å². The maximum absolute atomic E-state index is 15.2. The van der Waals surface area contributed by atoms with Crippen molar-refractivity contribution in [1.82, 2.24) is 44.5 Å². The van der Waals surface area contributed by atoms with Gasteiger partial charge in [-0.3, -0.25) is 39.0 Å². The SMILES string of the molecule is Cc1nc2c(F)cc(-c3nc(Nc4ccc(N5CCN(C(=O)CCCCC(=O)N6CCN(c7cccc8c7C(=O)N(C7CCC(=O)NC7=O)C8=O)CC6)CC5)cn4)ncc3F)cc2n1C(C)C. The summed E-state index contributed by atoms with van der Waals surface area (Å²) < 4.78 is 32.1. The molecule has 18 nitrogen and oxygen atoms in total. The molecule has 0 bridgehead atoms. The number of nitrogens with zero attached hydrogens (tertiary/aromatic N) is 10. The van der Waals surface area contributed by atoms with Gasteiger partial charge in [-0.2, -0.15) is 0 Å². The average molecular weight is 917 g/mol. The van der Waals surface area contributed by atoms with E-state index in [1.807, 2.05) is 34.3 Å². The van der Waals surface area contributed by atoms with E-state index >= 15 is 8.78 Å². The molecular formula is C47H50F2N12O6. The van der Waals surface area contributed by atoms with E-state index in [0.29, 0.717) is 101 Å². The second kappa shape index (κ2) is 18.5. The Morgan fingerprint density at radius 2 is 1.49 bits per heavy atom. The largest absolute Gasteiger partial charge is 0.367 e. The molecule has 3 fully saturated rings. The molecule has 2 aromatic carbocycles. The number of rotatable bonds is 12. The summed E-state index contributed by atoms with van der Waals surface area (Å²) in [5.74, 6) is -2.27. The third-order valence-corrected chi connectivity index (χ3v) is 12.9. The zero-order chi connectivity index (χ0) is 47.1. The lowest BCUT2D eigenvalue weighted by Crippen LogP contribution is -2.54. The van der Waals surface area contributed by atoms with E-state index in [-0.39, 0.29) is 64.5 Å². The molecule has 4 aliphatic heterocycles. The molecule has 0 radical (unpaired) electrons. The molecule has 0 spiro atoms. The highest BCUT2D eigenvalue weighted by atomic mass is 19.1. The number of anilines is 4. The molecule has 5 aromatic rings. The van der Waals surface area contributed by atoms with Gasteiger partial charge in [-0.25, -0.2) is 28.7 Å². The average Bonchev–Trinajstić information content (AvgIpc) is 3.80. The minimum absolute atomic E-state index is 0.00479. The van der Waals surface area contributed by atoms with Crippen LogP contribution in [-0.2, 0) is 19.2 Å². The number of piperidine rings is 1. The van der Waals surface area contributed by atoms with Crippen LogP contribution >= 0.6 is 0 Å². The van der Waals surface area contributed by atoms with Gasteiger partial charge >= 0.3 is 0 Å². The standard InChI is InChI=1S/C47H50F2N12O6/c1-27(2)60-28(3)52-43-32(48)23-29(24-36(43)60)42-33(49)26-51-47(55-42)53-37-13-11-30(25-50-37)56-15-19-58(20-16-56)39(63)9-4-5-10-40(64)59-21-17-57(18-22-59)34-8-6-7-31-41(34)46(67)61(45(31)66)35-12-14-38(62)54-44(35)65/h6-8,11,13,23-27,35H,4-5,9-10,12,14-22H2,1-3H3,(H,54,62,65)(H,50,51,53,55). The fourth-order valence-electron chi connectivity index (χ4n) is 9.49. The summed E-state index contributed by atoms with van der Waals surface area (Å²) in [5, 5.41) is 5.23. The number of aryl methyl sites for hydroxylation is 1. The van der Waals surface area contributed by atoms with Crippen LogP contribution in [-0.4, -0.2) is 133 Å². The zero-order valence-corrected chi connectivity index (χ0v) is 37.4. The number of amides is 6. The predicted octanol–water partition coefficient (Wildman–Crippen LogP) is 4.76. The second-order valence-corrected chi connectivity index (χ2v) is 17.5. The number of hydrogen-bond acceptors (Lipinski definition) is 13. The summed E-state index contributed by atoms with van der Waals surface area (Å²) in [7, 11) is 0. The van der Waals surface area contributed by atoms with Crippen molar-refractivity contribution in [3.05, 3.63) is 83.4 Å². The topological polar surface area (TPSA) is 199 Å². The number of aromatic nitrogens is 5. The van der Waals surface area contributed by atoms with Crippen LogP contribution in [0.25, 0.3) is 22.3 Å². The van der Waals surface area contributed by atoms with E-state index in [9.17, 15) is 28.8 Å². The Bertz CT molecular complexity index is 2800. The van der Waals surface area contributed by atoms with Gasteiger partial charge in [0.15, 0.2) is 11.6 Å². The number of hydrogen-bond donors (Lipinski definition) is 2. The summed E-state index contributed by atoms with van der Waals surface area (Å²) in [6.07, 6.45) is 4.65. The Morgan fingerprint density at radius 3 is 2.13 bits per heavy atom. The molecule has 0 saturated carbocycles. The van der Waals surface area contributed by atoms with Gasteiger partial charge in [0.05, 0.1) is 40.4 Å². The summed E-state index contributed by atoms with van der Waals surface area (Å²) >= 11 is 0. The van der Waals surface area contributed by atoms with E-state index in [4.69, 9.17) is 0 Å². The molecule has 1 atom stereocenters. The first kappa shape index (κ1) is 44.8. The number of carbonyl (C=O) groups excluding carboxylic acids is 6. The first-order valence-corrected chi connectivity index (χ1v) is 22.6. The summed E-state index contributed by atoms with van der Waals surface area (Å²) in [5.41, 5.74) is 2.85. The van der Waals surface area contributed by atoms with E-state index in [1.165, 1.54) is 6.07 Å². The lowest BCUT2D eigenvalue weighted by molar-refractivity contribution is -0.136. The molecule has 6 amide bonds. The van der Waals surface area contributed by atoms with Gasteiger partial charge in [-0.05, 0) is 76.4 Å². The first-order valence-electron chi connectivity index (χ1n) is 22.6. The summed E-state index contributed by atoms with van der Waals surface area (Å²) in [6, 6.07) is 10.6. The second-order valence-electron chi connectivity index (χ2n) is 17.5. The van der Waals surface area contributed by atoms with Crippen molar-refractivity contribution < 1.29 is 37.5 Å². The Kier molecular flexibility index (Phi) is 12.4. The number of imide groups is 2. The lowest BCUT2D eigenvalue weighted by atomic mass is 10.0. The maximum atomic E-state index is 15.2. The van der Waals surface area contributed by atoms with Crippen LogP contribution in [0, 0.1) is 18.6 Å². The number of unbranched alkanes of at least 4 members (excludes halogenated alkanes) is 1. The van der Waals surface area contributed by atoms with Gasteiger partial charge in [0.25, 0.3) is 11.8 Å². The number of fused-ring (bicyclic) bond motifs is 2. The third kappa shape index (κ3) is 8.86. The molecule has 0 aliphatic carbocycles. The van der Waals surface area contributed by atoms with Crippen LogP contribution in [0.4, 0.5) is 31.9 Å². The quantitative estimate of drug-likeness (QED) is 0.128. The van der Waals surface area contributed by atoms with Crippen LogP contribution in [0.1, 0.15) is 85.0 Å². The van der Waals surface area contributed by atoms with E-state index in [2.05, 4.69) is 35.5 Å². The zero-order valence-electron chi connectivity index (χ0n) is 37.4. The Morgan fingerprint density at radius 1 is 0.806 bits per heavy atom. The van der Waals surface area contributed by atoms with E-state index < -0.39 is 41.3 Å². The number of carbonyl (C=O) groups is 6. The van der Waals surface area contributed by atoms with Crippen molar-refractivity contribution in [2.75, 3.05) is 67.5 Å². The summed E-state index contributed by atoms with van der Waals surface area (Å²) in [6.45, 7) is 9.79. The lowest BCUT2D eigenvalue weighted by Gasteiger charge is -2.37. The van der Waals surface area contributed by atoms with Crippen molar-refractivity contribution >= 4 is 69.6 Å². The monoisotopic (exact) mass is 916 g/mol. The van der Waals surface area contributed by atoms with E-state index in [0.717, 1.165) is 16.8 Å². The summed E-state index contributed by atoms with van der Waals surface area (Å²) in [4.78, 5) is 103. The molecule has 2 N–H and O–H groups in total. The van der Waals surface area contributed by atoms with Crippen molar-refractivity contribution in [2.24, 2.45) is 0 Å². The number of benzene rings is 2. The Hall–Kier alpha value is -7.38. The van der Waals surface area contributed by atoms with Crippen LogP contribution in [0.5, 0.6) is 0 Å². The maximum Gasteiger partial charge on any atom is 0.264 e. The van der Waals surface area contributed by atoms with Gasteiger partial charge in [0.2, 0.25) is 29.6 Å². The Labute approximate surface area is 384 Å². The van der Waals surface area contributed by atoms with Crippen molar-refractivity contribution in [2.45, 2.75) is 71.4 Å². The van der Waals surface area contributed by atoms with Gasteiger partial charge in [0.1, 0.15) is 28.9 Å². The molecular weight excluding hydrogens is 867 g/mol. The molecule has 20 heteroatoms. The molecule has 1 unspecified atom stereocenters. The molecule has 348 valence electrons. The highest BCUT2D eigenvalue weighted by molar-refractivity contribution is 6.25. The molecule has 7 heterocycles. The Balaban J connectivity index is 0.708. The molecule has 67 heavy (non-hydrogen) atoms. The minimum Gasteiger partial charge on any atom is -0.367 e. The van der Waals surface area contributed by atoms with Crippen molar-refractivity contribution in [3.8, 4) is 11.3 Å². The van der Waals surface area contributed by atoms with Crippen molar-refractivity contribution in [1.29, 1.82) is 0 Å². The van der Waals surface area contributed by atoms with Gasteiger partial charge in [-0.15, -0.1) is 0 Å². The first-order chi connectivity index (χ1) is 32.2. The number of halogens is 2. The molecule has 3 aromatic heterocycles. The molecule has 9 rings (SSSR count). The number of nitrogens with one attached hydrogen (secondary N) is 2. The smallest absolute Gasteiger partial charge is 0.264 e. The normalized spacial score (nSPS) is 17.8. The number of pyridine rings is 1. The van der Waals surface area contributed by atoms with Crippen LogP contribution in [0.3, 0.4) is 0 Å². The third-order valence-electron chi connectivity index (χ3n) is 12.9. The highest BCUT2D eigenvalue weighted by Gasteiger charge is 2.46. The van der Waals surface area contributed by atoms with Gasteiger partial charge in [0, 0.05) is 83.2 Å². The highest BCUT2D eigenvalue weighted by Crippen LogP contribution is 2.35. The van der Waals surface area contributed by atoms with Crippen LogP contribution < -0.4 is 20.4 Å². The minimum atomic E-state index is -1.05. The number of imidazole rings is 1. The molecule has 3 saturated heterocycles. The fourth-order valence-corrected chi connectivity index (χ4v) is 9.49. The van der Waals surface area contributed by atoms with Crippen LogP contribution in [0.2, 0.25) is 0 Å². The van der Waals surface area contributed by atoms with E-state index in [1.54, 1.807) is 48.4 Å². The van der Waals surface area contributed by atoms with Crippen molar-refractivity contribution in [3.63, 3.8) is 0 Å². The van der Waals surface area contributed by atoms with Gasteiger partial charge in [-0.1, -0.05) is 6.07 Å². The van der Waals surface area contributed by atoms with Gasteiger partial charge < -0.3 is 29.5 Å². The predicted molar refractivity (Wildman–Crippen MR) is 242 cm³/mol. The molecule has 4 aliphatic rings. The fraction of sp³-hybridized carbons (Fsp3) is 0.404. The number of piperazine rings is 2.